The minimum Gasteiger partial charge on any atom is -0.393 e. The van der Waals surface area contributed by atoms with Crippen LogP contribution in [0.3, 0.4) is 0 Å². The number of carbonyl (C=O) groups is 1. The SMILES string of the molecule is COC(c1nc2cc(C(=O)NC3CC(O)C3)ccc2[nH]1)C1CCC(c2ccnc3ccc(F)cc23)CC1. The maximum Gasteiger partial charge on any atom is 0.251 e. The van der Waals surface area contributed by atoms with Gasteiger partial charge in [0.05, 0.1) is 22.7 Å². The Labute approximate surface area is 214 Å². The van der Waals surface area contributed by atoms with Crippen LogP contribution in [0.1, 0.15) is 72.3 Å². The zero-order valence-corrected chi connectivity index (χ0v) is 20.8. The van der Waals surface area contributed by atoms with Crippen LogP contribution in [0.5, 0.6) is 0 Å². The summed E-state index contributed by atoms with van der Waals surface area (Å²) < 4.78 is 19.9. The Bertz CT molecular complexity index is 1440. The van der Waals surface area contributed by atoms with Gasteiger partial charge in [0.2, 0.25) is 0 Å². The summed E-state index contributed by atoms with van der Waals surface area (Å²) in [7, 11) is 1.72. The van der Waals surface area contributed by atoms with Crippen molar-refractivity contribution in [2.45, 2.75) is 62.7 Å². The maximum atomic E-state index is 13.9. The summed E-state index contributed by atoms with van der Waals surface area (Å²) in [6, 6.07) is 12.3. The molecule has 192 valence electrons. The van der Waals surface area contributed by atoms with E-state index in [1.165, 1.54) is 11.6 Å². The van der Waals surface area contributed by atoms with Crippen molar-refractivity contribution in [3.8, 4) is 0 Å². The molecule has 2 fully saturated rings. The van der Waals surface area contributed by atoms with Gasteiger partial charge in [-0.05, 0) is 98.4 Å². The van der Waals surface area contributed by atoms with Crippen molar-refractivity contribution < 1.29 is 19.0 Å². The van der Waals surface area contributed by atoms with Crippen molar-refractivity contribution in [2.75, 3.05) is 7.11 Å². The van der Waals surface area contributed by atoms with E-state index in [0.29, 0.717) is 30.2 Å². The first-order valence-corrected chi connectivity index (χ1v) is 13.0. The minimum atomic E-state index is -0.310. The first-order valence-electron chi connectivity index (χ1n) is 13.0. The molecule has 8 heteroatoms. The van der Waals surface area contributed by atoms with Crippen molar-refractivity contribution in [3.63, 3.8) is 0 Å². The first kappa shape index (κ1) is 24.0. The number of nitrogens with zero attached hydrogens (tertiary/aromatic N) is 2. The highest BCUT2D eigenvalue weighted by Crippen LogP contribution is 2.43. The number of rotatable bonds is 6. The molecule has 2 heterocycles. The zero-order valence-electron chi connectivity index (χ0n) is 20.8. The number of nitrogens with one attached hydrogen (secondary N) is 2. The van der Waals surface area contributed by atoms with Crippen molar-refractivity contribution >= 4 is 27.8 Å². The van der Waals surface area contributed by atoms with E-state index < -0.39 is 0 Å². The Hall–Kier alpha value is -3.36. The Morgan fingerprint density at radius 2 is 1.92 bits per heavy atom. The van der Waals surface area contributed by atoms with E-state index in [1.54, 1.807) is 31.4 Å². The molecule has 2 aliphatic carbocycles. The number of hydrogen-bond donors (Lipinski definition) is 3. The van der Waals surface area contributed by atoms with Crippen molar-refractivity contribution in [1.29, 1.82) is 0 Å². The van der Waals surface area contributed by atoms with Crippen LogP contribution in [-0.4, -0.2) is 45.2 Å². The quantitative estimate of drug-likeness (QED) is 0.338. The summed E-state index contributed by atoms with van der Waals surface area (Å²) in [4.78, 5) is 25.2. The number of carbonyl (C=O) groups excluding carboxylic acids is 1. The lowest BCUT2D eigenvalue weighted by Gasteiger charge is -2.33. The number of imidazole rings is 1. The number of aromatic nitrogens is 3. The number of amides is 1. The zero-order chi connectivity index (χ0) is 25.5. The standard InChI is InChI=1S/C29H31FN4O3/c1-37-27(17-4-2-16(3-5-17)22-10-11-31-24-9-7-19(30)13-23(22)24)28-33-25-8-6-18(12-26(25)34-28)29(36)32-20-14-21(35)15-20/h6-13,16-17,20-21,27,35H,2-5,14-15H2,1H3,(H,32,36)(H,33,34). The Morgan fingerprint density at radius 1 is 1.11 bits per heavy atom. The highest BCUT2D eigenvalue weighted by Gasteiger charge is 2.32. The van der Waals surface area contributed by atoms with Gasteiger partial charge in [0, 0.05) is 30.3 Å². The molecule has 1 amide bonds. The van der Waals surface area contributed by atoms with Crippen LogP contribution in [0, 0.1) is 11.7 Å². The van der Waals surface area contributed by atoms with Gasteiger partial charge in [-0.1, -0.05) is 0 Å². The predicted octanol–water partition coefficient (Wildman–Crippen LogP) is 5.16. The van der Waals surface area contributed by atoms with Gasteiger partial charge in [0.1, 0.15) is 17.7 Å². The number of pyridine rings is 1. The average molecular weight is 503 g/mol. The number of aliphatic hydroxyl groups excluding tert-OH is 1. The van der Waals surface area contributed by atoms with Gasteiger partial charge in [-0.25, -0.2) is 9.37 Å². The molecule has 2 aromatic carbocycles. The fourth-order valence-electron chi connectivity index (χ4n) is 6.03. The average Bonchev–Trinajstić information content (AvgIpc) is 3.31. The van der Waals surface area contributed by atoms with Crippen LogP contribution < -0.4 is 5.32 Å². The van der Waals surface area contributed by atoms with E-state index in [2.05, 4.69) is 15.3 Å². The summed E-state index contributed by atoms with van der Waals surface area (Å²) in [5, 5.41) is 13.3. The van der Waals surface area contributed by atoms with E-state index in [0.717, 1.165) is 53.4 Å². The Balaban J connectivity index is 1.16. The third-order valence-electron chi connectivity index (χ3n) is 8.11. The number of ether oxygens (including phenoxy) is 1. The molecule has 0 aliphatic heterocycles. The van der Waals surface area contributed by atoms with Crippen molar-refractivity contribution in [1.82, 2.24) is 20.3 Å². The summed E-state index contributed by atoms with van der Waals surface area (Å²) in [6.45, 7) is 0. The molecule has 7 nitrogen and oxygen atoms in total. The number of H-pyrrole nitrogens is 1. The molecule has 1 atom stereocenters. The summed E-state index contributed by atoms with van der Waals surface area (Å²) >= 11 is 0. The number of aliphatic hydroxyl groups is 1. The number of fused-ring (bicyclic) bond motifs is 2. The predicted molar refractivity (Wildman–Crippen MR) is 139 cm³/mol. The van der Waals surface area contributed by atoms with E-state index in [4.69, 9.17) is 9.72 Å². The Kier molecular flexibility index (Phi) is 6.38. The molecular formula is C29H31FN4O3. The topological polar surface area (TPSA) is 100 Å². The molecule has 6 rings (SSSR count). The number of hydrogen-bond acceptors (Lipinski definition) is 5. The van der Waals surface area contributed by atoms with Crippen molar-refractivity contribution in [2.24, 2.45) is 5.92 Å². The van der Waals surface area contributed by atoms with Crippen molar-refractivity contribution in [3.05, 3.63) is 71.4 Å². The molecule has 0 bridgehead atoms. The van der Waals surface area contributed by atoms with Crippen LogP contribution in [0.4, 0.5) is 4.39 Å². The Morgan fingerprint density at radius 3 is 2.68 bits per heavy atom. The third kappa shape index (κ3) is 4.71. The lowest BCUT2D eigenvalue weighted by atomic mass is 9.76. The largest absolute Gasteiger partial charge is 0.393 e. The van der Waals surface area contributed by atoms with Crippen LogP contribution in [0.2, 0.25) is 0 Å². The van der Waals surface area contributed by atoms with Gasteiger partial charge in [0.15, 0.2) is 0 Å². The number of benzene rings is 2. The molecule has 0 radical (unpaired) electrons. The van der Waals surface area contributed by atoms with E-state index in [9.17, 15) is 14.3 Å². The molecule has 2 aliphatic rings. The van der Waals surface area contributed by atoms with E-state index >= 15 is 0 Å². The lowest BCUT2D eigenvalue weighted by Crippen LogP contribution is -2.46. The fraction of sp³-hybridized carbons (Fsp3) is 0.414. The van der Waals surface area contributed by atoms with Crippen LogP contribution in [-0.2, 0) is 4.74 Å². The summed E-state index contributed by atoms with van der Waals surface area (Å²) in [5.74, 6) is 1.06. The van der Waals surface area contributed by atoms with Gasteiger partial charge in [0.25, 0.3) is 5.91 Å². The van der Waals surface area contributed by atoms with Crippen LogP contribution >= 0.6 is 0 Å². The van der Waals surface area contributed by atoms with Crippen LogP contribution in [0.25, 0.3) is 21.9 Å². The lowest BCUT2D eigenvalue weighted by molar-refractivity contribution is 0.0274. The normalized spacial score (nSPS) is 24.6. The molecule has 1 unspecified atom stereocenters. The number of methoxy groups -OCH3 is 1. The highest BCUT2D eigenvalue weighted by atomic mass is 19.1. The molecule has 2 saturated carbocycles. The fourth-order valence-corrected chi connectivity index (χ4v) is 6.03. The molecule has 0 spiro atoms. The summed E-state index contributed by atoms with van der Waals surface area (Å²) in [6.07, 6.45) is 6.46. The smallest absolute Gasteiger partial charge is 0.251 e. The molecule has 37 heavy (non-hydrogen) atoms. The molecule has 3 N–H and O–H groups in total. The molecule has 2 aromatic heterocycles. The van der Waals surface area contributed by atoms with E-state index in [1.807, 2.05) is 18.3 Å². The van der Waals surface area contributed by atoms with E-state index in [-0.39, 0.29) is 30.0 Å². The molecule has 4 aromatic rings. The van der Waals surface area contributed by atoms with Gasteiger partial charge < -0.3 is 20.1 Å². The second-order valence-corrected chi connectivity index (χ2v) is 10.5. The van der Waals surface area contributed by atoms with Crippen LogP contribution in [0.15, 0.2) is 48.7 Å². The number of aromatic amines is 1. The highest BCUT2D eigenvalue weighted by molar-refractivity contribution is 5.97. The summed E-state index contributed by atoms with van der Waals surface area (Å²) in [5.41, 5.74) is 4.16. The van der Waals surface area contributed by atoms with Gasteiger partial charge in [-0.2, -0.15) is 0 Å². The molecular weight excluding hydrogens is 471 g/mol. The maximum absolute atomic E-state index is 13.9. The van der Waals surface area contributed by atoms with Gasteiger partial charge in [-0.15, -0.1) is 0 Å². The second kappa shape index (κ2) is 9.84. The first-order chi connectivity index (χ1) is 18.0. The minimum absolute atomic E-state index is 0.0325. The number of halogens is 1. The third-order valence-corrected chi connectivity index (χ3v) is 8.11. The van der Waals surface area contributed by atoms with Gasteiger partial charge >= 0.3 is 0 Å². The van der Waals surface area contributed by atoms with Gasteiger partial charge in [-0.3, -0.25) is 9.78 Å². The molecule has 0 saturated heterocycles. The monoisotopic (exact) mass is 502 g/mol. The second-order valence-electron chi connectivity index (χ2n) is 10.5.